The summed E-state index contributed by atoms with van der Waals surface area (Å²) in [4.78, 5) is 1.30. The van der Waals surface area contributed by atoms with E-state index in [1.807, 2.05) is 6.92 Å². The molecule has 1 unspecified atom stereocenters. The molecule has 0 fully saturated rings. The van der Waals surface area contributed by atoms with Crippen LogP contribution in [0.5, 0.6) is 0 Å². The van der Waals surface area contributed by atoms with Gasteiger partial charge in [-0.25, -0.2) is 0 Å². The number of nitriles is 1. The second-order valence-corrected chi connectivity index (χ2v) is 4.67. The maximum Gasteiger partial charge on any atom is 0.0661 e. The van der Waals surface area contributed by atoms with E-state index in [1.165, 1.54) is 16.0 Å². The van der Waals surface area contributed by atoms with Crippen molar-refractivity contribution in [1.29, 1.82) is 5.26 Å². The van der Waals surface area contributed by atoms with Gasteiger partial charge in [0, 0.05) is 10.6 Å². The molecule has 0 amide bonds. The third kappa shape index (κ3) is 3.08. The van der Waals surface area contributed by atoms with Crippen molar-refractivity contribution in [2.75, 3.05) is 5.75 Å². The van der Waals surface area contributed by atoms with Crippen molar-refractivity contribution in [2.45, 2.75) is 25.7 Å². The average Bonchev–Trinajstić information content (AvgIpc) is 2.19. The van der Waals surface area contributed by atoms with Crippen molar-refractivity contribution >= 4 is 11.8 Å². The Morgan fingerprint density at radius 3 is 2.79 bits per heavy atom. The predicted molar refractivity (Wildman–Crippen MR) is 61.4 cm³/mol. The number of hydrogen-bond acceptors (Lipinski definition) is 2. The van der Waals surface area contributed by atoms with Gasteiger partial charge >= 0.3 is 0 Å². The molecule has 1 rings (SSSR count). The van der Waals surface area contributed by atoms with Crippen molar-refractivity contribution in [3.8, 4) is 6.07 Å². The van der Waals surface area contributed by atoms with Gasteiger partial charge in [-0.05, 0) is 32.4 Å². The molecule has 0 spiro atoms. The smallest absolute Gasteiger partial charge is 0.0661 e. The number of aryl methyl sites for hydroxylation is 2. The second-order valence-electron chi connectivity index (χ2n) is 3.61. The van der Waals surface area contributed by atoms with Crippen molar-refractivity contribution in [3.63, 3.8) is 0 Å². The highest BCUT2D eigenvalue weighted by Crippen LogP contribution is 2.25. The fourth-order valence-corrected chi connectivity index (χ4v) is 2.18. The van der Waals surface area contributed by atoms with Crippen LogP contribution < -0.4 is 0 Å². The lowest BCUT2D eigenvalue weighted by atomic mass is 10.2. The number of hydrogen-bond donors (Lipinski definition) is 0. The van der Waals surface area contributed by atoms with Crippen molar-refractivity contribution < 1.29 is 0 Å². The van der Waals surface area contributed by atoms with Crippen LogP contribution in [-0.2, 0) is 0 Å². The Labute approximate surface area is 90.1 Å². The van der Waals surface area contributed by atoms with E-state index in [0.29, 0.717) is 0 Å². The number of nitrogens with zero attached hydrogens (tertiary/aromatic N) is 1. The Morgan fingerprint density at radius 1 is 1.43 bits per heavy atom. The molecule has 0 radical (unpaired) electrons. The zero-order chi connectivity index (χ0) is 10.6. The molecule has 0 saturated heterocycles. The van der Waals surface area contributed by atoms with Gasteiger partial charge < -0.3 is 0 Å². The van der Waals surface area contributed by atoms with E-state index in [2.05, 4.69) is 38.1 Å². The average molecular weight is 205 g/mol. The molecule has 0 saturated carbocycles. The molecule has 0 heterocycles. The molecule has 0 aliphatic heterocycles. The van der Waals surface area contributed by atoms with E-state index >= 15 is 0 Å². The van der Waals surface area contributed by atoms with E-state index in [-0.39, 0.29) is 5.92 Å². The Kier molecular flexibility index (Phi) is 4.03. The molecule has 1 aromatic rings. The van der Waals surface area contributed by atoms with Crippen molar-refractivity contribution in [2.24, 2.45) is 5.92 Å². The Balaban J connectivity index is 2.67. The van der Waals surface area contributed by atoms with E-state index in [9.17, 15) is 0 Å². The highest BCUT2D eigenvalue weighted by atomic mass is 32.2. The van der Waals surface area contributed by atoms with E-state index in [1.54, 1.807) is 11.8 Å². The maximum absolute atomic E-state index is 8.67. The summed E-state index contributed by atoms with van der Waals surface area (Å²) in [5.74, 6) is 1.00. The lowest BCUT2D eigenvalue weighted by Gasteiger charge is -2.07. The molecule has 1 aromatic carbocycles. The summed E-state index contributed by atoms with van der Waals surface area (Å²) in [5, 5.41) is 8.67. The van der Waals surface area contributed by atoms with Crippen LogP contribution in [0.2, 0.25) is 0 Å². The van der Waals surface area contributed by atoms with Crippen LogP contribution in [0.4, 0.5) is 0 Å². The van der Waals surface area contributed by atoms with Crippen LogP contribution in [0.25, 0.3) is 0 Å². The highest BCUT2D eigenvalue weighted by molar-refractivity contribution is 7.99. The number of benzene rings is 1. The highest BCUT2D eigenvalue weighted by Gasteiger charge is 2.03. The van der Waals surface area contributed by atoms with Crippen molar-refractivity contribution in [3.05, 3.63) is 29.3 Å². The summed E-state index contributed by atoms with van der Waals surface area (Å²) in [6.07, 6.45) is 0. The molecule has 0 bridgehead atoms. The summed E-state index contributed by atoms with van der Waals surface area (Å²) in [6, 6.07) is 8.68. The minimum absolute atomic E-state index is 0.125. The minimum Gasteiger partial charge on any atom is -0.198 e. The topological polar surface area (TPSA) is 23.8 Å². The molecular weight excluding hydrogens is 190 g/mol. The number of thioether (sulfide) groups is 1. The van der Waals surface area contributed by atoms with E-state index in [4.69, 9.17) is 5.26 Å². The molecule has 0 aliphatic rings. The fraction of sp³-hybridized carbons (Fsp3) is 0.417. The molecule has 0 N–H and O–H groups in total. The molecule has 0 aliphatic carbocycles. The molecule has 1 nitrogen and oxygen atoms in total. The molecule has 74 valence electrons. The Morgan fingerprint density at radius 2 is 2.14 bits per heavy atom. The number of rotatable bonds is 3. The normalized spacial score (nSPS) is 12.1. The van der Waals surface area contributed by atoms with Crippen LogP contribution >= 0.6 is 11.8 Å². The fourth-order valence-electron chi connectivity index (χ4n) is 1.11. The zero-order valence-corrected chi connectivity index (χ0v) is 9.69. The van der Waals surface area contributed by atoms with Crippen LogP contribution in [0, 0.1) is 31.1 Å². The van der Waals surface area contributed by atoms with Crippen LogP contribution in [0.3, 0.4) is 0 Å². The first kappa shape index (κ1) is 11.1. The monoisotopic (exact) mass is 205 g/mol. The second kappa shape index (κ2) is 5.07. The molecular formula is C12H15NS. The van der Waals surface area contributed by atoms with Gasteiger partial charge in [-0.2, -0.15) is 5.26 Å². The SMILES string of the molecule is Cc1ccc(C)c(SCC(C)C#N)c1. The first-order valence-electron chi connectivity index (χ1n) is 4.73. The molecule has 1 atom stereocenters. The van der Waals surface area contributed by atoms with Crippen LogP contribution in [-0.4, -0.2) is 5.75 Å². The summed E-state index contributed by atoms with van der Waals surface area (Å²) in [6.45, 7) is 6.16. The maximum atomic E-state index is 8.67. The predicted octanol–water partition coefficient (Wildman–Crippen LogP) is 3.56. The largest absolute Gasteiger partial charge is 0.198 e. The van der Waals surface area contributed by atoms with Gasteiger partial charge in [-0.1, -0.05) is 17.7 Å². The van der Waals surface area contributed by atoms with Gasteiger partial charge in [0.2, 0.25) is 0 Å². The van der Waals surface area contributed by atoms with E-state index in [0.717, 1.165) is 5.75 Å². The summed E-state index contributed by atoms with van der Waals surface area (Å²) < 4.78 is 0. The molecule has 0 aromatic heterocycles. The summed E-state index contributed by atoms with van der Waals surface area (Å²) >= 11 is 1.77. The van der Waals surface area contributed by atoms with Gasteiger partial charge in [-0.15, -0.1) is 11.8 Å². The minimum atomic E-state index is 0.125. The standard InChI is InChI=1S/C12H15NS/c1-9-4-5-11(3)12(6-9)14-8-10(2)7-13/h4-6,10H,8H2,1-3H3. The first-order chi connectivity index (χ1) is 6.63. The third-order valence-corrected chi connectivity index (χ3v) is 3.47. The van der Waals surface area contributed by atoms with Crippen molar-refractivity contribution in [1.82, 2.24) is 0 Å². The Hall–Kier alpha value is -0.940. The van der Waals surface area contributed by atoms with Gasteiger partial charge in [0.15, 0.2) is 0 Å². The molecule has 14 heavy (non-hydrogen) atoms. The first-order valence-corrected chi connectivity index (χ1v) is 5.71. The van der Waals surface area contributed by atoms with Gasteiger partial charge in [0.1, 0.15) is 0 Å². The van der Waals surface area contributed by atoms with Crippen LogP contribution in [0.1, 0.15) is 18.1 Å². The Bertz CT molecular complexity index is 352. The van der Waals surface area contributed by atoms with Gasteiger partial charge in [0.25, 0.3) is 0 Å². The van der Waals surface area contributed by atoms with E-state index < -0.39 is 0 Å². The van der Waals surface area contributed by atoms with Gasteiger partial charge in [-0.3, -0.25) is 0 Å². The third-order valence-electron chi connectivity index (χ3n) is 2.05. The van der Waals surface area contributed by atoms with Gasteiger partial charge in [0.05, 0.1) is 12.0 Å². The zero-order valence-electron chi connectivity index (χ0n) is 8.87. The summed E-state index contributed by atoms with van der Waals surface area (Å²) in [7, 11) is 0. The molecule has 2 heteroatoms. The lowest BCUT2D eigenvalue weighted by Crippen LogP contribution is -1.94. The lowest BCUT2D eigenvalue weighted by molar-refractivity contribution is 0.863. The van der Waals surface area contributed by atoms with Crippen LogP contribution in [0.15, 0.2) is 23.1 Å². The summed E-state index contributed by atoms with van der Waals surface area (Å²) in [5.41, 5.74) is 2.58. The quantitative estimate of drug-likeness (QED) is 0.704.